The molecular weight excluding hydrogens is 226 g/mol. The number of hydrogen-bond donors (Lipinski definition) is 1. The first-order chi connectivity index (χ1) is 8.75. The van der Waals surface area contributed by atoms with E-state index in [2.05, 4.69) is 38.3 Å². The van der Waals surface area contributed by atoms with Gasteiger partial charge in [0, 0.05) is 43.9 Å². The average molecular weight is 247 g/mol. The van der Waals surface area contributed by atoms with Crippen LogP contribution < -0.4 is 5.32 Å². The van der Waals surface area contributed by atoms with E-state index in [1.54, 1.807) is 0 Å². The summed E-state index contributed by atoms with van der Waals surface area (Å²) >= 11 is 0. The summed E-state index contributed by atoms with van der Waals surface area (Å²) in [6.07, 6.45) is 11.9. The van der Waals surface area contributed by atoms with Gasteiger partial charge in [0.15, 0.2) is 0 Å². The van der Waals surface area contributed by atoms with Crippen molar-refractivity contribution in [3.8, 4) is 0 Å². The summed E-state index contributed by atoms with van der Waals surface area (Å²) in [6.45, 7) is 6.28. The molecule has 0 aliphatic carbocycles. The Morgan fingerprint density at radius 2 is 2.00 bits per heavy atom. The van der Waals surface area contributed by atoms with E-state index in [4.69, 9.17) is 0 Å². The Balaban J connectivity index is 1.74. The van der Waals surface area contributed by atoms with Crippen LogP contribution in [-0.4, -0.2) is 25.1 Å². The van der Waals surface area contributed by atoms with E-state index in [1.165, 1.54) is 0 Å². The average Bonchev–Trinajstić information content (AvgIpc) is 2.95. The maximum Gasteiger partial charge on any atom is 0.202 e. The molecule has 5 heteroatoms. The highest BCUT2D eigenvalue weighted by Crippen LogP contribution is 2.08. The Hall–Kier alpha value is -1.78. The zero-order valence-electron chi connectivity index (χ0n) is 11.1. The first kappa shape index (κ1) is 12.7. The van der Waals surface area contributed by atoms with E-state index in [0.29, 0.717) is 6.04 Å². The van der Waals surface area contributed by atoms with Crippen LogP contribution in [0.2, 0.25) is 0 Å². The standard InChI is InChI=1S/C13H21N5/c1-12(2)16-13-15-6-10-18(13)8-4-3-7-17-9-5-14-11-17/h5-6,9-12H,3-4,7-8H2,1-2H3,(H,15,16). The van der Waals surface area contributed by atoms with Gasteiger partial charge in [0.05, 0.1) is 6.33 Å². The summed E-state index contributed by atoms with van der Waals surface area (Å²) in [7, 11) is 0. The van der Waals surface area contributed by atoms with Crippen LogP contribution in [0.4, 0.5) is 5.95 Å². The fraction of sp³-hybridized carbons (Fsp3) is 0.538. The molecule has 0 atom stereocenters. The molecule has 0 spiro atoms. The largest absolute Gasteiger partial charge is 0.353 e. The van der Waals surface area contributed by atoms with E-state index in [9.17, 15) is 0 Å². The predicted molar refractivity (Wildman–Crippen MR) is 72.4 cm³/mol. The highest BCUT2D eigenvalue weighted by Gasteiger charge is 2.03. The number of nitrogens with zero attached hydrogens (tertiary/aromatic N) is 4. The molecule has 0 aliphatic rings. The van der Waals surface area contributed by atoms with Gasteiger partial charge in [-0.25, -0.2) is 9.97 Å². The summed E-state index contributed by atoms with van der Waals surface area (Å²) in [5.41, 5.74) is 0. The minimum absolute atomic E-state index is 0.414. The van der Waals surface area contributed by atoms with Crippen LogP contribution in [0.5, 0.6) is 0 Å². The van der Waals surface area contributed by atoms with Crippen LogP contribution in [0, 0.1) is 0 Å². The summed E-state index contributed by atoms with van der Waals surface area (Å²) in [5, 5.41) is 3.34. The molecule has 0 bridgehead atoms. The second-order valence-electron chi connectivity index (χ2n) is 4.75. The molecule has 2 aromatic rings. The van der Waals surface area contributed by atoms with E-state index in [0.717, 1.165) is 31.9 Å². The highest BCUT2D eigenvalue weighted by atomic mass is 15.2. The van der Waals surface area contributed by atoms with Crippen LogP contribution in [0.25, 0.3) is 0 Å². The lowest BCUT2D eigenvalue weighted by molar-refractivity contribution is 0.554. The molecule has 0 amide bonds. The van der Waals surface area contributed by atoms with E-state index >= 15 is 0 Å². The Kier molecular flexibility index (Phi) is 4.39. The second kappa shape index (κ2) is 6.23. The predicted octanol–water partition coefficient (Wildman–Crippen LogP) is 2.38. The number of hydrogen-bond acceptors (Lipinski definition) is 3. The third-order valence-corrected chi connectivity index (χ3v) is 2.76. The highest BCUT2D eigenvalue weighted by molar-refractivity contribution is 5.26. The molecule has 0 unspecified atom stereocenters. The second-order valence-corrected chi connectivity index (χ2v) is 4.75. The fourth-order valence-electron chi connectivity index (χ4n) is 1.88. The number of unbranched alkanes of at least 4 members (excludes halogenated alkanes) is 1. The maximum atomic E-state index is 4.32. The number of aromatic nitrogens is 4. The van der Waals surface area contributed by atoms with Crippen molar-refractivity contribution in [3.05, 3.63) is 31.1 Å². The van der Waals surface area contributed by atoms with Gasteiger partial charge in [0.25, 0.3) is 0 Å². The van der Waals surface area contributed by atoms with Crippen LogP contribution >= 0.6 is 0 Å². The molecule has 0 saturated heterocycles. The van der Waals surface area contributed by atoms with Crippen molar-refractivity contribution >= 4 is 5.95 Å². The van der Waals surface area contributed by atoms with E-state index in [1.807, 2.05) is 31.1 Å². The normalized spacial score (nSPS) is 11.1. The Labute approximate surface area is 108 Å². The molecular formula is C13H21N5. The lowest BCUT2D eigenvalue weighted by Gasteiger charge is -2.12. The van der Waals surface area contributed by atoms with Gasteiger partial charge >= 0.3 is 0 Å². The van der Waals surface area contributed by atoms with Gasteiger partial charge in [0.1, 0.15) is 0 Å². The third-order valence-electron chi connectivity index (χ3n) is 2.76. The SMILES string of the molecule is CC(C)Nc1nccn1CCCCn1ccnc1. The summed E-state index contributed by atoms with van der Waals surface area (Å²) in [5.74, 6) is 0.965. The van der Waals surface area contributed by atoms with Gasteiger partial charge in [-0.3, -0.25) is 0 Å². The Bertz CT molecular complexity index is 444. The molecule has 18 heavy (non-hydrogen) atoms. The van der Waals surface area contributed by atoms with Gasteiger partial charge in [0.2, 0.25) is 5.95 Å². The number of rotatable bonds is 7. The molecule has 1 N–H and O–H groups in total. The van der Waals surface area contributed by atoms with Crippen molar-refractivity contribution in [2.45, 2.75) is 45.8 Å². The summed E-state index contributed by atoms with van der Waals surface area (Å²) in [6, 6.07) is 0.414. The molecule has 0 aromatic carbocycles. The molecule has 0 aliphatic heterocycles. The quantitative estimate of drug-likeness (QED) is 0.764. The van der Waals surface area contributed by atoms with E-state index < -0.39 is 0 Å². The Morgan fingerprint density at radius 1 is 1.17 bits per heavy atom. The van der Waals surface area contributed by atoms with Crippen LogP contribution in [-0.2, 0) is 13.1 Å². The zero-order chi connectivity index (χ0) is 12.8. The molecule has 2 heterocycles. The molecule has 2 rings (SSSR count). The summed E-state index contributed by atoms with van der Waals surface area (Å²) < 4.78 is 4.29. The topological polar surface area (TPSA) is 47.7 Å². The van der Waals surface area contributed by atoms with Gasteiger partial charge in [-0.2, -0.15) is 0 Å². The van der Waals surface area contributed by atoms with E-state index in [-0.39, 0.29) is 0 Å². The van der Waals surface area contributed by atoms with Crippen LogP contribution in [0.15, 0.2) is 31.1 Å². The molecule has 5 nitrogen and oxygen atoms in total. The number of aryl methyl sites for hydroxylation is 2. The first-order valence-corrected chi connectivity index (χ1v) is 6.49. The fourth-order valence-corrected chi connectivity index (χ4v) is 1.88. The molecule has 0 saturated carbocycles. The number of nitrogens with one attached hydrogen (secondary N) is 1. The zero-order valence-corrected chi connectivity index (χ0v) is 11.1. The first-order valence-electron chi connectivity index (χ1n) is 6.49. The molecule has 98 valence electrons. The van der Waals surface area contributed by atoms with Crippen molar-refractivity contribution in [2.24, 2.45) is 0 Å². The van der Waals surface area contributed by atoms with Crippen molar-refractivity contribution in [3.63, 3.8) is 0 Å². The third kappa shape index (κ3) is 3.61. The van der Waals surface area contributed by atoms with Gasteiger partial charge < -0.3 is 14.5 Å². The van der Waals surface area contributed by atoms with Crippen LogP contribution in [0.1, 0.15) is 26.7 Å². The van der Waals surface area contributed by atoms with Crippen molar-refractivity contribution in [2.75, 3.05) is 5.32 Å². The smallest absolute Gasteiger partial charge is 0.202 e. The number of imidazole rings is 2. The molecule has 0 fully saturated rings. The van der Waals surface area contributed by atoms with Gasteiger partial charge in [-0.1, -0.05) is 0 Å². The van der Waals surface area contributed by atoms with Crippen molar-refractivity contribution in [1.29, 1.82) is 0 Å². The number of anilines is 1. The minimum Gasteiger partial charge on any atom is -0.353 e. The monoisotopic (exact) mass is 247 g/mol. The Morgan fingerprint density at radius 3 is 2.72 bits per heavy atom. The van der Waals surface area contributed by atoms with Crippen molar-refractivity contribution < 1.29 is 0 Å². The molecule has 0 radical (unpaired) electrons. The lowest BCUT2D eigenvalue weighted by Crippen LogP contribution is -2.14. The van der Waals surface area contributed by atoms with Gasteiger partial charge in [-0.15, -0.1) is 0 Å². The lowest BCUT2D eigenvalue weighted by atomic mass is 10.3. The van der Waals surface area contributed by atoms with Crippen LogP contribution in [0.3, 0.4) is 0 Å². The van der Waals surface area contributed by atoms with Gasteiger partial charge in [-0.05, 0) is 26.7 Å². The molecule has 2 aromatic heterocycles. The van der Waals surface area contributed by atoms with Crippen molar-refractivity contribution in [1.82, 2.24) is 19.1 Å². The minimum atomic E-state index is 0.414. The summed E-state index contributed by atoms with van der Waals surface area (Å²) in [4.78, 5) is 8.36. The maximum absolute atomic E-state index is 4.32.